The lowest BCUT2D eigenvalue weighted by Crippen LogP contribution is -2.27. The number of benzene rings is 2. The van der Waals surface area contributed by atoms with Crippen LogP contribution in [0, 0.1) is 0 Å². The lowest BCUT2D eigenvalue weighted by Gasteiger charge is -2.17. The van der Waals surface area contributed by atoms with E-state index >= 15 is 0 Å². The molecule has 154 valence electrons. The maximum absolute atomic E-state index is 13.0. The van der Waals surface area contributed by atoms with Gasteiger partial charge in [0, 0.05) is 28.4 Å². The number of hydrogen-bond acceptors (Lipinski definition) is 6. The van der Waals surface area contributed by atoms with E-state index in [1.54, 1.807) is 42.0 Å². The average Bonchev–Trinajstić information content (AvgIpc) is 3.38. The molecule has 0 atom stereocenters. The van der Waals surface area contributed by atoms with Crippen LogP contribution in [0.25, 0.3) is 6.08 Å². The predicted octanol–water partition coefficient (Wildman–Crippen LogP) is 6.39. The fourth-order valence-corrected chi connectivity index (χ4v) is 5.09. The van der Waals surface area contributed by atoms with Crippen LogP contribution in [-0.4, -0.2) is 35.2 Å². The van der Waals surface area contributed by atoms with Crippen LogP contribution < -0.4 is 10.1 Å². The summed E-state index contributed by atoms with van der Waals surface area (Å²) in [4.78, 5) is 19.3. The van der Waals surface area contributed by atoms with Gasteiger partial charge in [-0.05, 0) is 48.5 Å². The largest absolute Gasteiger partial charge is 0.497 e. The van der Waals surface area contributed by atoms with Gasteiger partial charge in [0.15, 0.2) is 5.13 Å². The van der Waals surface area contributed by atoms with Crippen molar-refractivity contribution in [3.8, 4) is 5.75 Å². The molecule has 0 saturated carbocycles. The monoisotopic (exact) mass is 477 g/mol. The Bertz CT molecular complexity index is 1100. The van der Waals surface area contributed by atoms with E-state index < -0.39 is 0 Å². The summed E-state index contributed by atoms with van der Waals surface area (Å²) in [5.74, 6) is 1.48. The second-order valence-corrected chi connectivity index (χ2v) is 9.16. The highest BCUT2D eigenvalue weighted by Gasteiger charge is 2.27. The number of halogens is 2. The van der Waals surface area contributed by atoms with E-state index in [0.29, 0.717) is 22.2 Å². The number of thiazole rings is 1. The third-order valence-corrected chi connectivity index (χ3v) is 6.72. The van der Waals surface area contributed by atoms with E-state index in [4.69, 9.17) is 27.9 Å². The second kappa shape index (κ2) is 9.31. The van der Waals surface area contributed by atoms with Crippen molar-refractivity contribution in [1.29, 1.82) is 0 Å². The van der Waals surface area contributed by atoms with E-state index in [1.165, 1.54) is 11.3 Å². The third kappa shape index (κ3) is 4.75. The molecule has 5 nitrogen and oxygen atoms in total. The number of thioether (sulfide) groups is 1. The van der Waals surface area contributed by atoms with Gasteiger partial charge in [-0.25, -0.2) is 4.98 Å². The van der Waals surface area contributed by atoms with Crippen LogP contribution in [-0.2, 0) is 0 Å². The topological polar surface area (TPSA) is 54.5 Å². The van der Waals surface area contributed by atoms with Gasteiger partial charge in [0.2, 0.25) is 0 Å². The molecule has 0 bridgehead atoms. The molecular formula is C21H17Cl2N3O2S2. The Morgan fingerprint density at radius 2 is 2.03 bits per heavy atom. The fraction of sp³-hybridized carbons (Fsp3) is 0.143. The number of hydrogen-bond donors (Lipinski definition) is 1. The highest BCUT2D eigenvalue weighted by atomic mass is 35.5. The molecule has 0 aliphatic carbocycles. The minimum Gasteiger partial charge on any atom is -0.497 e. The summed E-state index contributed by atoms with van der Waals surface area (Å²) in [6.07, 6.45) is 1.93. The molecule has 1 fully saturated rings. The van der Waals surface area contributed by atoms with Gasteiger partial charge < -0.3 is 15.0 Å². The normalized spacial score (nSPS) is 14.9. The summed E-state index contributed by atoms with van der Waals surface area (Å²) in [6.45, 7) is 0.620. The number of rotatable bonds is 5. The molecule has 2 aromatic carbocycles. The summed E-state index contributed by atoms with van der Waals surface area (Å²) >= 11 is 15.3. The summed E-state index contributed by atoms with van der Waals surface area (Å²) in [6, 6.07) is 12.6. The molecule has 0 spiro atoms. The Morgan fingerprint density at radius 3 is 2.77 bits per heavy atom. The van der Waals surface area contributed by atoms with Crippen molar-refractivity contribution in [3.63, 3.8) is 0 Å². The minimum absolute atomic E-state index is 0.139. The molecule has 30 heavy (non-hydrogen) atoms. The molecule has 3 aromatic rings. The van der Waals surface area contributed by atoms with Crippen LogP contribution in [0.5, 0.6) is 5.75 Å². The molecule has 9 heteroatoms. The maximum atomic E-state index is 13.0. The smallest absolute Gasteiger partial charge is 0.260 e. The number of nitrogens with zero attached hydrogens (tertiary/aromatic N) is 2. The van der Waals surface area contributed by atoms with Gasteiger partial charge in [0.05, 0.1) is 28.4 Å². The summed E-state index contributed by atoms with van der Waals surface area (Å²) in [5.41, 5.74) is 2.16. The molecule has 2 heterocycles. The quantitative estimate of drug-likeness (QED) is 0.461. The number of ether oxygens (including phenoxy) is 1. The first kappa shape index (κ1) is 21.1. The maximum Gasteiger partial charge on any atom is 0.260 e. The van der Waals surface area contributed by atoms with Gasteiger partial charge in [0.1, 0.15) is 5.75 Å². The zero-order valence-electron chi connectivity index (χ0n) is 15.9. The Kier molecular flexibility index (Phi) is 6.53. The van der Waals surface area contributed by atoms with Crippen molar-refractivity contribution in [2.75, 3.05) is 24.7 Å². The average molecular weight is 478 g/mol. The zero-order chi connectivity index (χ0) is 21.1. The van der Waals surface area contributed by atoms with Gasteiger partial charge >= 0.3 is 0 Å². The van der Waals surface area contributed by atoms with Crippen molar-refractivity contribution < 1.29 is 9.53 Å². The predicted molar refractivity (Wildman–Crippen MR) is 126 cm³/mol. The van der Waals surface area contributed by atoms with Crippen molar-refractivity contribution in [1.82, 2.24) is 9.88 Å². The van der Waals surface area contributed by atoms with Crippen LogP contribution in [0.1, 0.15) is 16.1 Å². The number of nitrogens with one attached hydrogen (secondary N) is 1. The van der Waals surface area contributed by atoms with Crippen LogP contribution >= 0.6 is 46.3 Å². The van der Waals surface area contributed by atoms with Crippen LogP contribution in [0.2, 0.25) is 10.0 Å². The molecule has 4 rings (SSSR count). The minimum atomic E-state index is -0.139. The van der Waals surface area contributed by atoms with E-state index in [-0.39, 0.29) is 5.91 Å². The zero-order valence-corrected chi connectivity index (χ0v) is 19.0. The molecule has 1 aliphatic rings. The summed E-state index contributed by atoms with van der Waals surface area (Å²) in [7, 11) is 1.64. The number of anilines is 2. The summed E-state index contributed by atoms with van der Waals surface area (Å²) in [5, 5.41) is 7.71. The SMILES string of the molecule is COc1ccc(Nc2nc(/C=C3/SCCN3C(=O)c3ccc(Cl)cc3Cl)cs2)cc1. The number of amides is 1. The molecule has 1 aromatic heterocycles. The highest BCUT2D eigenvalue weighted by molar-refractivity contribution is 8.03. The summed E-state index contributed by atoms with van der Waals surface area (Å²) < 4.78 is 5.17. The van der Waals surface area contributed by atoms with Gasteiger partial charge in [0.25, 0.3) is 5.91 Å². The van der Waals surface area contributed by atoms with Crippen molar-refractivity contribution in [2.24, 2.45) is 0 Å². The van der Waals surface area contributed by atoms with Crippen LogP contribution in [0.4, 0.5) is 10.8 Å². The fourth-order valence-electron chi connectivity index (χ4n) is 2.89. The second-order valence-electron chi connectivity index (χ2n) is 6.34. The van der Waals surface area contributed by atoms with Crippen molar-refractivity contribution in [3.05, 3.63) is 74.2 Å². The van der Waals surface area contributed by atoms with E-state index in [1.807, 2.05) is 35.7 Å². The highest BCUT2D eigenvalue weighted by Crippen LogP contribution is 2.34. The molecule has 1 aliphatic heterocycles. The Morgan fingerprint density at radius 1 is 1.23 bits per heavy atom. The van der Waals surface area contributed by atoms with Gasteiger partial charge in [-0.1, -0.05) is 23.2 Å². The molecule has 0 radical (unpaired) electrons. The number of carbonyl (C=O) groups is 1. The Labute approximate surface area is 192 Å². The number of carbonyl (C=O) groups excluding carboxylic acids is 1. The lowest BCUT2D eigenvalue weighted by atomic mass is 10.2. The lowest BCUT2D eigenvalue weighted by molar-refractivity contribution is 0.0831. The molecule has 1 N–H and O–H groups in total. The van der Waals surface area contributed by atoms with E-state index in [9.17, 15) is 4.79 Å². The van der Waals surface area contributed by atoms with Gasteiger partial charge in [-0.3, -0.25) is 4.79 Å². The molecule has 1 amide bonds. The van der Waals surface area contributed by atoms with Crippen LogP contribution in [0.3, 0.4) is 0 Å². The molecule has 0 unspecified atom stereocenters. The number of aromatic nitrogens is 1. The first-order valence-corrected chi connectivity index (χ1v) is 11.6. The van der Waals surface area contributed by atoms with E-state index in [0.717, 1.165) is 33.0 Å². The van der Waals surface area contributed by atoms with Crippen LogP contribution in [0.15, 0.2) is 52.9 Å². The standard InChI is InChI=1S/C21H17Cl2N3O2S2/c1-28-16-5-3-14(4-6-16)24-21-25-15(12-30-21)11-19-26(8-9-29-19)20(27)17-7-2-13(22)10-18(17)23/h2-7,10-12H,8-9H2,1H3,(H,24,25)/b19-11+. The van der Waals surface area contributed by atoms with E-state index in [2.05, 4.69) is 10.3 Å². The Balaban J connectivity index is 1.50. The van der Waals surface area contributed by atoms with Gasteiger partial charge in [-0.15, -0.1) is 23.1 Å². The van der Waals surface area contributed by atoms with Gasteiger partial charge in [-0.2, -0.15) is 0 Å². The molecular weight excluding hydrogens is 461 g/mol. The number of methoxy groups -OCH3 is 1. The molecule has 1 saturated heterocycles. The third-order valence-electron chi connectivity index (χ3n) is 4.37. The first-order chi connectivity index (χ1) is 14.5. The van der Waals surface area contributed by atoms with Crippen molar-refractivity contribution in [2.45, 2.75) is 0 Å². The first-order valence-electron chi connectivity index (χ1n) is 9.01. The Hall–Kier alpha value is -2.19. The van der Waals surface area contributed by atoms with Crippen molar-refractivity contribution >= 4 is 69.1 Å².